The monoisotopic (exact) mass is 355 g/mol. The maximum absolute atomic E-state index is 12.7. The third-order valence-corrected chi connectivity index (χ3v) is 4.48. The van der Waals surface area contributed by atoms with E-state index in [1.165, 1.54) is 11.3 Å². The van der Waals surface area contributed by atoms with E-state index in [1.807, 2.05) is 31.2 Å². The van der Waals surface area contributed by atoms with Crippen LogP contribution in [0.25, 0.3) is 11.3 Å². The molecule has 0 aliphatic carbocycles. The predicted octanol–water partition coefficient (Wildman–Crippen LogP) is 3.78. The Morgan fingerprint density at radius 1 is 1.08 bits per heavy atom. The van der Waals surface area contributed by atoms with Gasteiger partial charge in [-0.1, -0.05) is 0 Å². The highest BCUT2D eigenvalue weighted by atomic mass is 32.1. The molecular formula is C18H17N3O3S. The average Bonchev–Trinajstić information content (AvgIpc) is 3.04. The molecule has 0 unspecified atom stereocenters. The summed E-state index contributed by atoms with van der Waals surface area (Å²) in [5.41, 5.74) is 2.12. The first kappa shape index (κ1) is 16.9. The van der Waals surface area contributed by atoms with Crippen LogP contribution in [0.15, 0.2) is 42.6 Å². The van der Waals surface area contributed by atoms with Crippen LogP contribution in [0.3, 0.4) is 0 Å². The molecule has 0 atom stereocenters. The van der Waals surface area contributed by atoms with Gasteiger partial charge in [-0.25, -0.2) is 9.97 Å². The molecule has 0 fully saturated rings. The topological polar surface area (TPSA) is 73.3 Å². The summed E-state index contributed by atoms with van der Waals surface area (Å²) in [6.45, 7) is 1.88. The smallest absolute Gasteiger partial charge is 0.268 e. The largest absolute Gasteiger partial charge is 0.497 e. The van der Waals surface area contributed by atoms with E-state index in [4.69, 9.17) is 9.47 Å². The highest BCUT2D eigenvalue weighted by molar-refractivity contribution is 7.14. The molecule has 1 N–H and O–H groups in total. The number of rotatable bonds is 5. The van der Waals surface area contributed by atoms with Gasteiger partial charge in [-0.15, -0.1) is 11.3 Å². The van der Waals surface area contributed by atoms with E-state index in [9.17, 15) is 4.79 Å². The Hall–Kier alpha value is -2.93. The van der Waals surface area contributed by atoms with Crippen molar-refractivity contribution in [1.82, 2.24) is 9.97 Å². The minimum absolute atomic E-state index is 0.219. The molecule has 7 heteroatoms. The summed E-state index contributed by atoms with van der Waals surface area (Å²) in [4.78, 5) is 21.8. The summed E-state index contributed by atoms with van der Waals surface area (Å²) in [7, 11) is 3.16. The van der Waals surface area contributed by atoms with Crippen LogP contribution in [0.2, 0.25) is 0 Å². The van der Waals surface area contributed by atoms with Crippen LogP contribution in [0.4, 0.5) is 5.69 Å². The van der Waals surface area contributed by atoms with Gasteiger partial charge in [0.15, 0.2) is 0 Å². The predicted molar refractivity (Wildman–Crippen MR) is 97.6 cm³/mol. The molecule has 25 heavy (non-hydrogen) atoms. The third-order valence-electron chi connectivity index (χ3n) is 3.51. The third kappa shape index (κ3) is 3.77. The Morgan fingerprint density at radius 3 is 2.44 bits per heavy atom. The Bertz CT molecular complexity index is 874. The second kappa shape index (κ2) is 7.31. The number of hydrogen-bond donors (Lipinski definition) is 1. The fourth-order valence-corrected chi connectivity index (χ4v) is 3.12. The van der Waals surface area contributed by atoms with Crippen LogP contribution >= 0.6 is 11.3 Å². The van der Waals surface area contributed by atoms with E-state index < -0.39 is 0 Å². The van der Waals surface area contributed by atoms with E-state index in [0.29, 0.717) is 22.1 Å². The Balaban J connectivity index is 1.86. The Labute approximate surface area is 149 Å². The second-order valence-corrected chi connectivity index (χ2v) is 6.39. The number of aromatic nitrogens is 2. The molecule has 0 aliphatic heterocycles. The lowest BCUT2D eigenvalue weighted by molar-refractivity contribution is 0.103. The maximum Gasteiger partial charge on any atom is 0.268 e. The minimum atomic E-state index is -0.219. The summed E-state index contributed by atoms with van der Waals surface area (Å²) in [6.07, 6.45) is 1.55. The number of hydrogen-bond acceptors (Lipinski definition) is 6. The van der Waals surface area contributed by atoms with Gasteiger partial charge in [0.05, 0.1) is 36.8 Å². The van der Waals surface area contributed by atoms with E-state index in [1.54, 1.807) is 32.5 Å². The van der Waals surface area contributed by atoms with Crippen molar-refractivity contribution in [2.24, 2.45) is 0 Å². The molecule has 2 heterocycles. The first-order valence-corrected chi connectivity index (χ1v) is 8.35. The molecule has 3 rings (SSSR count). The van der Waals surface area contributed by atoms with Crippen molar-refractivity contribution in [1.29, 1.82) is 0 Å². The zero-order chi connectivity index (χ0) is 17.8. The molecule has 1 amide bonds. The number of anilines is 1. The van der Waals surface area contributed by atoms with Crippen molar-refractivity contribution in [3.63, 3.8) is 0 Å². The van der Waals surface area contributed by atoms with Crippen LogP contribution in [-0.2, 0) is 0 Å². The number of thiazole rings is 1. The molecule has 2 aromatic heterocycles. The van der Waals surface area contributed by atoms with Gasteiger partial charge in [0.2, 0.25) is 5.88 Å². The van der Waals surface area contributed by atoms with Crippen molar-refractivity contribution in [2.75, 3.05) is 19.5 Å². The normalized spacial score (nSPS) is 10.4. The molecular weight excluding hydrogens is 338 g/mol. The zero-order valence-corrected chi connectivity index (χ0v) is 14.9. The number of pyridine rings is 1. The number of carbonyl (C=O) groups excluding carboxylic acids is 1. The quantitative estimate of drug-likeness (QED) is 0.754. The van der Waals surface area contributed by atoms with Gasteiger partial charge in [-0.05, 0) is 37.3 Å². The van der Waals surface area contributed by atoms with Crippen molar-refractivity contribution >= 4 is 22.9 Å². The zero-order valence-electron chi connectivity index (χ0n) is 14.1. The molecule has 3 aromatic rings. The molecule has 0 saturated heterocycles. The van der Waals surface area contributed by atoms with Crippen molar-refractivity contribution < 1.29 is 14.3 Å². The summed E-state index contributed by atoms with van der Waals surface area (Å²) < 4.78 is 10.2. The maximum atomic E-state index is 12.7. The first-order valence-electron chi connectivity index (χ1n) is 7.54. The Kier molecular flexibility index (Phi) is 4.95. The number of ether oxygens (including phenoxy) is 2. The van der Waals surface area contributed by atoms with Gasteiger partial charge >= 0.3 is 0 Å². The number of nitrogens with zero attached hydrogens (tertiary/aromatic N) is 2. The summed E-state index contributed by atoms with van der Waals surface area (Å²) in [5.74, 6) is 1.03. The molecule has 0 radical (unpaired) electrons. The highest BCUT2D eigenvalue weighted by Gasteiger charge is 2.18. The highest BCUT2D eigenvalue weighted by Crippen LogP contribution is 2.30. The van der Waals surface area contributed by atoms with Gasteiger partial charge in [-0.2, -0.15) is 0 Å². The van der Waals surface area contributed by atoms with Crippen LogP contribution in [-0.4, -0.2) is 30.1 Å². The van der Waals surface area contributed by atoms with E-state index in [2.05, 4.69) is 15.3 Å². The van der Waals surface area contributed by atoms with Crippen LogP contribution in [0.5, 0.6) is 11.6 Å². The van der Waals surface area contributed by atoms with Crippen molar-refractivity contribution in [2.45, 2.75) is 6.92 Å². The molecule has 0 bridgehead atoms. The van der Waals surface area contributed by atoms with Crippen molar-refractivity contribution in [3.8, 4) is 22.9 Å². The average molecular weight is 355 g/mol. The summed E-state index contributed by atoms with van der Waals surface area (Å²) in [5, 5.41) is 3.67. The summed E-state index contributed by atoms with van der Waals surface area (Å²) in [6, 6.07) is 10.9. The van der Waals surface area contributed by atoms with Gasteiger partial charge in [0.25, 0.3) is 5.91 Å². The van der Waals surface area contributed by atoms with E-state index >= 15 is 0 Å². The van der Waals surface area contributed by atoms with E-state index in [-0.39, 0.29) is 5.91 Å². The Morgan fingerprint density at radius 2 is 1.84 bits per heavy atom. The standard InChI is InChI=1S/C18H17N3O3S/c1-11-20-16(12-4-7-14(23-2)8-5-12)17(25-11)18(22)21-13-6-9-15(24-3)19-10-13/h4-10H,1-3H3,(H,21,22). The summed E-state index contributed by atoms with van der Waals surface area (Å²) >= 11 is 1.35. The number of methoxy groups -OCH3 is 2. The van der Waals surface area contributed by atoms with Crippen molar-refractivity contribution in [3.05, 3.63) is 52.5 Å². The lowest BCUT2D eigenvalue weighted by Crippen LogP contribution is -2.11. The number of nitrogens with one attached hydrogen (secondary N) is 1. The SMILES string of the molecule is COc1ccc(-c2nc(C)sc2C(=O)Nc2ccc(OC)nc2)cc1. The number of carbonyl (C=O) groups is 1. The lowest BCUT2D eigenvalue weighted by Gasteiger charge is -2.06. The van der Waals surface area contributed by atoms with Crippen LogP contribution in [0, 0.1) is 6.92 Å². The number of aryl methyl sites for hydroxylation is 1. The van der Waals surface area contributed by atoms with Crippen LogP contribution < -0.4 is 14.8 Å². The fourth-order valence-electron chi connectivity index (χ4n) is 2.29. The molecule has 128 valence electrons. The number of amides is 1. The lowest BCUT2D eigenvalue weighted by atomic mass is 10.1. The molecule has 0 saturated carbocycles. The van der Waals surface area contributed by atoms with Gasteiger partial charge in [0.1, 0.15) is 10.6 Å². The van der Waals surface area contributed by atoms with Gasteiger partial charge < -0.3 is 14.8 Å². The fraction of sp³-hybridized carbons (Fsp3) is 0.167. The second-order valence-electron chi connectivity index (χ2n) is 5.18. The van der Waals surface area contributed by atoms with E-state index in [0.717, 1.165) is 16.3 Å². The minimum Gasteiger partial charge on any atom is -0.497 e. The first-order chi connectivity index (χ1) is 12.1. The van der Waals surface area contributed by atoms with Gasteiger partial charge in [-0.3, -0.25) is 4.79 Å². The van der Waals surface area contributed by atoms with Gasteiger partial charge in [0, 0.05) is 11.6 Å². The molecule has 0 aliphatic rings. The molecule has 0 spiro atoms. The number of benzene rings is 1. The van der Waals surface area contributed by atoms with Crippen LogP contribution in [0.1, 0.15) is 14.7 Å². The molecule has 1 aromatic carbocycles. The molecule has 6 nitrogen and oxygen atoms in total.